The normalized spacial score (nSPS) is 12.3. The van der Waals surface area contributed by atoms with Crippen LogP contribution in [-0.2, 0) is 9.05 Å². The van der Waals surface area contributed by atoms with Gasteiger partial charge in [-0.05, 0) is 19.1 Å². The Balaban J connectivity index is 3.27. The minimum atomic E-state index is -4.63. The zero-order valence-corrected chi connectivity index (χ0v) is 12.4. The Morgan fingerprint density at radius 2 is 1.86 bits per heavy atom. The van der Waals surface area contributed by atoms with E-state index < -0.39 is 44.0 Å². The van der Waals surface area contributed by atoms with Crippen LogP contribution in [-0.4, -0.2) is 39.0 Å². The molecule has 1 rings (SSSR count). The van der Waals surface area contributed by atoms with Crippen LogP contribution in [0.2, 0.25) is 0 Å². The van der Waals surface area contributed by atoms with Crippen molar-refractivity contribution in [2.45, 2.75) is 18.0 Å². The fraction of sp³-hybridized carbons (Fsp3) is 0.364. The summed E-state index contributed by atoms with van der Waals surface area (Å²) in [5.74, 6) is -2.23. The minimum Gasteiger partial charge on any atom is -0.333 e. The molecule has 1 aromatic rings. The number of hydrogen-bond acceptors (Lipinski definition) is 3. The summed E-state index contributed by atoms with van der Waals surface area (Å²) in [5.41, 5.74) is -0.857. The van der Waals surface area contributed by atoms with E-state index in [0.717, 1.165) is 20.0 Å². The van der Waals surface area contributed by atoms with Gasteiger partial charge in [0.15, 0.2) is 0 Å². The van der Waals surface area contributed by atoms with Gasteiger partial charge in [0, 0.05) is 28.9 Å². The van der Waals surface area contributed by atoms with Crippen LogP contribution in [0.15, 0.2) is 17.0 Å². The van der Waals surface area contributed by atoms with Crippen LogP contribution < -0.4 is 0 Å². The molecule has 10 heteroatoms. The monoisotopic (exact) mass is 347 g/mol. The zero-order valence-electron chi connectivity index (χ0n) is 10.8. The lowest BCUT2D eigenvalue weighted by molar-refractivity contribution is -0.138. The molecule has 0 aliphatic rings. The molecule has 0 spiro atoms. The van der Waals surface area contributed by atoms with Crippen molar-refractivity contribution in [2.75, 3.05) is 13.6 Å². The van der Waals surface area contributed by atoms with Crippen molar-refractivity contribution < 1.29 is 30.8 Å². The molecule has 0 unspecified atom stereocenters. The number of rotatable bonds is 3. The van der Waals surface area contributed by atoms with Gasteiger partial charge < -0.3 is 4.90 Å². The highest BCUT2D eigenvalue weighted by Gasteiger charge is 2.32. The van der Waals surface area contributed by atoms with Gasteiger partial charge in [-0.2, -0.15) is 13.2 Å². The second kappa shape index (κ2) is 5.80. The molecule has 1 aromatic carbocycles. The van der Waals surface area contributed by atoms with E-state index in [1.807, 2.05) is 0 Å². The second-order valence-corrected chi connectivity index (χ2v) is 6.83. The Hall–Kier alpha value is -1.35. The number of benzene rings is 1. The van der Waals surface area contributed by atoms with E-state index in [0.29, 0.717) is 11.0 Å². The fourth-order valence-corrected chi connectivity index (χ4v) is 2.80. The lowest BCUT2D eigenvalue weighted by Gasteiger charge is -2.19. The predicted octanol–water partition coefficient (Wildman–Crippen LogP) is 2.70. The summed E-state index contributed by atoms with van der Waals surface area (Å²) in [6.45, 7) is -0.428. The van der Waals surface area contributed by atoms with Gasteiger partial charge in [0.2, 0.25) is 0 Å². The quantitative estimate of drug-likeness (QED) is 0.624. The van der Waals surface area contributed by atoms with E-state index in [9.17, 15) is 30.8 Å². The second-order valence-electron chi connectivity index (χ2n) is 4.30. The molecule has 1 amide bonds. The third-order valence-corrected chi connectivity index (χ3v) is 4.02. The van der Waals surface area contributed by atoms with Gasteiger partial charge in [-0.15, -0.1) is 0 Å². The maximum Gasteiger partial charge on any atom is 0.406 e. The fourth-order valence-electron chi connectivity index (χ4n) is 1.59. The Labute approximate surface area is 122 Å². The molecule has 0 aliphatic carbocycles. The highest BCUT2D eigenvalue weighted by atomic mass is 35.7. The van der Waals surface area contributed by atoms with Gasteiger partial charge in [-0.1, -0.05) is 0 Å². The van der Waals surface area contributed by atoms with Crippen molar-refractivity contribution >= 4 is 25.6 Å². The van der Waals surface area contributed by atoms with Gasteiger partial charge in [-0.25, -0.2) is 12.8 Å². The summed E-state index contributed by atoms with van der Waals surface area (Å²) in [6.07, 6.45) is -4.63. The van der Waals surface area contributed by atoms with E-state index in [2.05, 4.69) is 0 Å². The smallest absolute Gasteiger partial charge is 0.333 e. The van der Waals surface area contributed by atoms with Gasteiger partial charge in [0.25, 0.3) is 15.0 Å². The van der Waals surface area contributed by atoms with Crippen LogP contribution in [0.25, 0.3) is 0 Å². The summed E-state index contributed by atoms with van der Waals surface area (Å²) in [5, 5.41) is 0. The highest BCUT2D eigenvalue weighted by molar-refractivity contribution is 8.13. The molecule has 118 valence electrons. The van der Waals surface area contributed by atoms with Gasteiger partial charge >= 0.3 is 6.18 Å². The van der Waals surface area contributed by atoms with Gasteiger partial charge in [-0.3, -0.25) is 4.79 Å². The Bertz CT molecular complexity index is 673. The number of hydrogen-bond donors (Lipinski definition) is 0. The van der Waals surface area contributed by atoms with E-state index in [1.165, 1.54) is 0 Å². The first kappa shape index (κ1) is 17.7. The largest absolute Gasteiger partial charge is 0.406 e. The minimum absolute atomic E-state index is 0.300. The Kier molecular flexibility index (Phi) is 4.89. The van der Waals surface area contributed by atoms with E-state index in [-0.39, 0.29) is 5.56 Å². The van der Waals surface area contributed by atoms with Crippen molar-refractivity contribution in [1.29, 1.82) is 0 Å². The van der Waals surface area contributed by atoms with Gasteiger partial charge in [0.1, 0.15) is 12.4 Å². The summed E-state index contributed by atoms with van der Waals surface area (Å²) in [4.78, 5) is 11.4. The van der Waals surface area contributed by atoms with Crippen molar-refractivity contribution in [3.63, 3.8) is 0 Å². The summed E-state index contributed by atoms with van der Waals surface area (Å²) >= 11 is 0. The van der Waals surface area contributed by atoms with Crippen LogP contribution in [0.3, 0.4) is 0 Å². The molecule has 0 bridgehead atoms. The summed E-state index contributed by atoms with van der Waals surface area (Å²) < 4.78 is 72.8. The number of nitrogens with zero attached hydrogens (tertiary/aromatic N) is 1. The number of carbonyl (C=O) groups is 1. The SMILES string of the molecule is Cc1c(F)cc(C(=O)N(C)CC(F)(F)F)cc1S(=O)(=O)Cl. The third-order valence-electron chi connectivity index (χ3n) is 2.57. The average molecular weight is 348 g/mol. The topological polar surface area (TPSA) is 54.5 Å². The average Bonchev–Trinajstić information content (AvgIpc) is 2.27. The highest BCUT2D eigenvalue weighted by Crippen LogP contribution is 2.25. The molecule has 4 nitrogen and oxygen atoms in total. The first-order valence-electron chi connectivity index (χ1n) is 5.40. The van der Waals surface area contributed by atoms with E-state index in [1.54, 1.807) is 0 Å². The van der Waals surface area contributed by atoms with Crippen molar-refractivity contribution in [3.05, 3.63) is 29.1 Å². The first-order chi connectivity index (χ1) is 9.33. The lowest BCUT2D eigenvalue weighted by atomic mass is 10.1. The van der Waals surface area contributed by atoms with Crippen LogP contribution >= 0.6 is 10.7 Å². The van der Waals surface area contributed by atoms with Crippen molar-refractivity contribution in [3.8, 4) is 0 Å². The van der Waals surface area contributed by atoms with Crippen LogP contribution in [0.4, 0.5) is 17.6 Å². The van der Waals surface area contributed by atoms with Gasteiger partial charge in [0.05, 0.1) is 4.90 Å². The maximum absolute atomic E-state index is 13.6. The van der Waals surface area contributed by atoms with Crippen LogP contribution in [0, 0.1) is 12.7 Å². The van der Waals surface area contributed by atoms with Crippen molar-refractivity contribution in [1.82, 2.24) is 4.90 Å². The standard InChI is InChI=1S/C11H10ClF4NO3S/c1-6-8(13)3-7(4-9(6)21(12,19)20)10(18)17(2)5-11(14,15)16/h3-4H,5H2,1-2H3. The molecule has 21 heavy (non-hydrogen) atoms. The molecule has 0 atom stereocenters. The Morgan fingerprint density at radius 3 is 2.29 bits per heavy atom. The van der Waals surface area contributed by atoms with E-state index in [4.69, 9.17) is 10.7 Å². The summed E-state index contributed by atoms with van der Waals surface area (Å²) in [6, 6.07) is 1.41. The molecule has 0 saturated heterocycles. The van der Waals surface area contributed by atoms with Crippen LogP contribution in [0.5, 0.6) is 0 Å². The predicted molar refractivity (Wildman–Crippen MR) is 67.2 cm³/mol. The molecular formula is C11H10ClF4NO3S. The zero-order chi connectivity index (χ0) is 16.6. The molecule has 0 fully saturated rings. The number of alkyl halides is 3. The van der Waals surface area contributed by atoms with Crippen molar-refractivity contribution in [2.24, 2.45) is 0 Å². The molecular weight excluding hydrogens is 338 g/mol. The maximum atomic E-state index is 13.6. The molecule has 0 heterocycles. The van der Waals surface area contributed by atoms with Crippen LogP contribution in [0.1, 0.15) is 15.9 Å². The lowest BCUT2D eigenvalue weighted by Crippen LogP contribution is -2.36. The third kappa shape index (κ3) is 4.57. The molecule has 0 aromatic heterocycles. The summed E-state index contributed by atoms with van der Waals surface area (Å²) in [7, 11) is 1.63. The van der Waals surface area contributed by atoms with E-state index >= 15 is 0 Å². The molecule has 0 saturated carbocycles. The number of amides is 1. The molecule has 0 N–H and O–H groups in total. The number of carbonyl (C=O) groups excluding carboxylic acids is 1. The Morgan fingerprint density at radius 1 is 1.33 bits per heavy atom. The molecule has 0 aliphatic heterocycles. The number of halogens is 5. The first-order valence-corrected chi connectivity index (χ1v) is 7.71. The molecule has 0 radical (unpaired) electrons.